The largest absolute Gasteiger partial charge is 0.304 e. The van der Waals surface area contributed by atoms with Crippen molar-refractivity contribution < 1.29 is 0 Å². The van der Waals surface area contributed by atoms with Crippen LogP contribution in [-0.4, -0.2) is 14.8 Å². The van der Waals surface area contributed by atoms with Gasteiger partial charge >= 0.3 is 0 Å². The summed E-state index contributed by atoms with van der Waals surface area (Å²) in [4.78, 5) is 4.45. The molecule has 0 aromatic carbocycles. The molecule has 4 nitrogen and oxygen atoms in total. The Balaban J connectivity index is 1.73. The quantitative estimate of drug-likeness (QED) is 0.858. The van der Waals surface area contributed by atoms with Gasteiger partial charge in [0, 0.05) is 46.0 Å². The Bertz CT molecular complexity index is 624. The molecule has 106 valence electrons. The van der Waals surface area contributed by atoms with Crippen molar-refractivity contribution in [3.8, 4) is 0 Å². The van der Waals surface area contributed by atoms with Gasteiger partial charge in [0.05, 0.1) is 11.9 Å². The van der Waals surface area contributed by atoms with E-state index in [2.05, 4.69) is 47.3 Å². The number of hydrogen-bond donors (Lipinski definition) is 1. The van der Waals surface area contributed by atoms with Crippen molar-refractivity contribution in [1.82, 2.24) is 20.1 Å². The normalized spacial score (nSPS) is 18.1. The lowest BCUT2D eigenvalue weighted by atomic mass is 9.93. The molecule has 3 rings (SSSR count). The minimum atomic E-state index is 0.379. The van der Waals surface area contributed by atoms with E-state index in [4.69, 9.17) is 0 Å². The van der Waals surface area contributed by atoms with Gasteiger partial charge < -0.3 is 5.32 Å². The van der Waals surface area contributed by atoms with E-state index in [1.807, 2.05) is 30.2 Å². The van der Waals surface area contributed by atoms with Crippen molar-refractivity contribution in [2.24, 2.45) is 7.05 Å². The van der Waals surface area contributed by atoms with Gasteiger partial charge in [-0.15, -0.1) is 0 Å². The Hall–Kier alpha value is -0.720. The minimum Gasteiger partial charge on any atom is -0.304 e. The number of aryl methyl sites for hydroxylation is 1. The Morgan fingerprint density at radius 3 is 3.05 bits per heavy atom. The zero-order valence-electron chi connectivity index (χ0n) is 11.2. The molecule has 0 amide bonds. The number of fused-ring (bicyclic) bond motifs is 1. The summed E-state index contributed by atoms with van der Waals surface area (Å²) >= 11 is 6.98. The van der Waals surface area contributed by atoms with Gasteiger partial charge in [0.2, 0.25) is 0 Å². The van der Waals surface area contributed by atoms with E-state index in [0.717, 1.165) is 34.0 Å². The number of aromatic nitrogens is 3. The number of hydrogen-bond acceptors (Lipinski definition) is 3. The lowest BCUT2D eigenvalue weighted by molar-refractivity contribution is 0.449. The molecule has 6 heteroatoms. The summed E-state index contributed by atoms with van der Waals surface area (Å²) in [6, 6.07) is 2.41. The fourth-order valence-corrected chi connectivity index (χ4v) is 3.84. The summed E-state index contributed by atoms with van der Waals surface area (Å²) < 4.78 is 4.01. The Labute approximate surface area is 135 Å². The lowest BCUT2D eigenvalue weighted by Gasteiger charge is -2.24. The van der Waals surface area contributed by atoms with Crippen LogP contribution in [0, 0.1) is 0 Å². The van der Waals surface area contributed by atoms with E-state index in [1.165, 1.54) is 17.7 Å². The van der Waals surface area contributed by atoms with Gasteiger partial charge in [0.25, 0.3) is 0 Å². The predicted molar refractivity (Wildman–Crippen MR) is 85.4 cm³/mol. The van der Waals surface area contributed by atoms with Gasteiger partial charge in [-0.2, -0.15) is 5.10 Å². The van der Waals surface area contributed by atoms with Gasteiger partial charge in [-0.3, -0.25) is 9.67 Å². The van der Waals surface area contributed by atoms with Gasteiger partial charge in [0.15, 0.2) is 0 Å². The molecule has 1 unspecified atom stereocenters. The molecular formula is C14H16Br2N4. The number of rotatable bonds is 3. The van der Waals surface area contributed by atoms with Crippen molar-refractivity contribution in [3.05, 3.63) is 44.4 Å². The van der Waals surface area contributed by atoms with Gasteiger partial charge in [-0.05, 0) is 57.2 Å². The zero-order chi connectivity index (χ0) is 14.1. The van der Waals surface area contributed by atoms with E-state index in [-0.39, 0.29) is 0 Å². The van der Waals surface area contributed by atoms with E-state index in [1.54, 1.807) is 0 Å². The van der Waals surface area contributed by atoms with Crippen LogP contribution < -0.4 is 5.32 Å². The SMILES string of the molecule is Cn1ncc2c1CCCC2NCc1ncc(Br)cc1Br. The monoisotopic (exact) mass is 398 g/mol. The lowest BCUT2D eigenvalue weighted by Crippen LogP contribution is -2.25. The molecule has 20 heavy (non-hydrogen) atoms. The topological polar surface area (TPSA) is 42.7 Å². The average molecular weight is 400 g/mol. The fourth-order valence-electron chi connectivity index (χ4n) is 2.71. The Kier molecular flexibility index (Phi) is 4.23. The van der Waals surface area contributed by atoms with Crippen molar-refractivity contribution in [2.75, 3.05) is 0 Å². The molecule has 2 aromatic heterocycles. The molecule has 1 aliphatic rings. The average Bonchev–Trinajstić information content (AvgIpc) is 2.80. The summed E-state index contributed by atoms with van der Waals surface area (Å²) in [5, 5.41) is 7.98. The number of nitrogens with one attached hydrogen (secondary N) is 1. The highest BCUT2D eigenvalue weighted by atomic mass is 79.9. The molecule has 1 atom stereocenters. The fraction of sp³-hybridized carbons (Fsp3) is 0.429. The van der Waals surface area contributed by atoms with Crippen LogP contribution in [0.3, 0.4) is 0 Å². The van der Waals surface area contributed by atoms with Crippen LogP contribution in [0.25, 0.3) is 0 Å². The first-order valence-corrected chi connectivity index (χ1v) is 8.28. The van der Waals surface area contributed by atoms with Crippen molar-refractivity contribution in [3.63, 3.8) is 0 Å². The first-order chi connectivity index (χ1) is 9.65. The zero-order valence-corrected chi connectivity index (χ0v) is 14.4. The predicted octanol–water partition coefficient (Wildman–Crippen LogP) is 3.51. The van der Waals surface area contributed by atoms with E-state index in [9.17, 15) is 0 Å². The van der Waals surface area contributed by atoms with E-state index in [0.29, 0.717) is 6.04 Å². The molecule has 2 aromatic rings. The Morgan fingerprint density at radius 1 is 1.40 bits per heavy atom. The highest BCUT2D eigenvalue weighted by Gasteiger charge is 2.23. The molecule has 0 fully saturated rings. The van der Waals surface area contributed by atoms with Crippen LogP contribution in [0.1, 0.15) is 35.8 Å². The third-order valence-electron chi connectivity index (χ3n) is 3.78. The summed E-state index contributed by atoms with van der Waals surface area (Å²) in [5.41, 5.74) is 3.73. The molecule has 1 N–H and O–H groups in total. The van der Waals surface area contributed by atoms with Gasteiger partial charge in [-0.1, -0.05) is 0 Å². The number of pyridine rings is 1. The highest BCUT2D eigenvalue weighted by Crippen LogP contribution is 2.29. The number of nitrogens with zero attached hydrogens (tertiary/aromatic N) is 3. The second kappa shape index (κ2) is 5.95. The third kappa shape index (κ3) is 2.82. The maximum absolute atomic E-state index is 4.45. The summed E-state index contributed by atoms with van der Waals surface area (Å²) in [7, 11) is 2.02. The van der Waals surface area contributed by atoms with Crippen LogP contribution >= 0.6 is 31.9 Å². The first-order valence-electron chi connectivity index (χ1n) is 6.69. The molecular weight excluding hydrogens is 384 g/mol. The van der Waals surface area contributed by atoms with Crippen LogP contribution in [0.15, 0.2) is 27.4 Å². The molecule has 0 spiro atoms. The Morgan fingerprint density at radius 2 is 2.25 bits per heavy atom. The summed E-state index contributed by atoms with van der Waals surface area (Å²) in [6.45, 7) is 0.757. The number of halogens is 2. The molecule has 0 aliphatic heterocycles. The highest BCUT2D eigenvalue weighted by molar-refractivity contribution is 9.11. The summed E-state index contributed by atoms with van der Waals surface area (Å²) in [6.07, 6.45) is 7.32. The first kappa shape index (κ1) is 14.2. The van der Waals surface area contributed by atoms with E-state index < -0.39 is 0 Å². The van der Waals surface area contributed by atoms with Crippen molar-refractivity contribution in [2.45, 2.75) is 31.8 Å². The maximum atomic E-state index is 4.45. The molecule has 1 aliphatic carbocycles. The second-order valence-electron chi connectivity index (χ2n) is 5.08. The molecule has 0 radical (unpaired) electrons. The van der Waals surface area contributed by atoms with Crippen molar-refractivity contribution >= 4 is 31.9 Å². The molecule has 2 heterocycles. The van der Waals surface area contributed by atoms with E-state index >= 15 is 0 Å². The van der Waals surface area contributed by atoms with Gasteiger partial charge in [-0.25, -0.2) is 0 Å². The smallest absolute Gasteiger partial charge is 0.0684 e. The van der Waals surface area contributed by atoms with Crippen LogP contribution in [0.4, 0.5) is 0 Å². The van der Waals surface area contributed by atoms with Crippen LogP contribution in [0.2, 0.25) is 0 Å². The second-order valence-corrected chi connectivity index (χ2v) is 6.85. The summed E-state index contributed by atoms with van der Waals surface area (Å²) in [5.74, 6) is 0. The van der Waals surface area contributed by atoms with Crippen molar-refractivity contribution in [1.29, 1.82) is 0 Å². The molecule has 0 bridgehead atoms. The molecule has 0 saturated heterocycles. The van der Waals surface area contributed by atoms with Crippen LogP contribution in [-0.2, 0) is 20.0 Å². The molecule has 0 saturated carbocycles. The van der Waals surface area contributed by atoms with Gasteiger partial charge in [0.1, 0.15) is 0 Å². The minimum absolute atomic E-state index is 0.379. The third-order valence-corrected chi connectivity index (χ3v) is 4.90. The maximum Gasteiger partial charge on any atom is 0.0684 e. The van der Waals surface area contributed by atoms with Crippen LogP contribution in [0.5, 0.6) is 0 Å². The standard InChI is InChI=1S/C14H16Br2N4/c1-20-14-4-2-3-12(10(14)7-19-20)18-8-13-11(16)5-9(15)6-17-13/h5-7,12,18H,2-4,8H2,1H3.